The Morgan fingerprint density at radius 2 is 2.06 bits per heavy atom. The molecule has 1 heterocycles. The quantitative estimate of drug-likeness (QED) is 0.729. The summed E-state index contributed by atoms with van der Waals surface area (Å²) in [6.07, 6.45) is 6.75. The molecule has 0 radical (unpaired) electrons. The summed E-state index contributed by atoms with van der Waals surface area (Å²) in [5, 5.41) is 13.0. The largest absolute Gasteiger partial charge is 0.394 e. The van der Waals surface area contributed by atoms with Gasteiger partial charge in [-0.2, -0.15) is 0 Å². The summed E-state index contributed by atoms with van der Waals surface area (Å²) in [6.45, 7) is 8.32. The Kier molecular flexibility index (Phi) is 5.65. The minimum absolute atomic E-state index is 0.151. The molecule has 0 saturated heterocycles. The Hall–Kier alpha value is -0.870. The van der Waals surface area contributed by atoms with Gasteiger partial charge in [0.15, 0.2) is 0 Å². The number of nitrogens with one attached hydrogen (secondary N) is 1. The number of aliphatic hydroxyl groups is 1. The van der Waals surface area contributed by atoms with E-state index in [4.69, 9.17) is 0 Å². The van der Waals surface area contributed by atoms with Gasteiger partial charge in [-0.15, -0.1) is 0 Å². The van der Waals surface area contributed by atoms with Gasteiger partial charge in [-0.3, -0.25) is 0 Å². The molecule has 17 heavy (non-hydrogen) atoms. The molecule has 4 nitrogen and oxygen atoms in total. The van der Waals surface area contributed by atoms with Gasteiger partial charge in [-0.05, 0) is 19.3 Å². The number of hydrogen-bond acceptors (Lipinski definition) is 3. The molecule has 0 aliphatic rings. The number of aryl methyl sites for hydroxylation is 1. The zero-order valence-corrected chi connectivity index (χ0v) is 11.2. The van der Waals surface area contributed by atoms with Gasteiger partial charge in [-0.25, -0.2) is 4.98 Å². The summed E-state index contributed by atoms with van der Waals surface area (Å²) in [4.78, 5) is 4.18. The van der Waals surface area contributed by atoms with E-state index < -0.39 is 0 Å². The maximum Gasteiger partial charge on any atom is 0.0948 e. The van der Waals surface area contributed by atoms with Crippen LogP contribution in [0.15, 0.2) is 12.5 Å². The molecule has 0 aliphatic carbocycles. The van der Waals surface area contributed by atoms with Crippen molar-refractivity contribution in [2.45, 2.75) is 58.7 Å². The van der Waals surface area contributed by atoms with Crippen molar-refractivity contribution in [1.82, 2.24) is 14.9 Å². The van der Waals surface area contributed by atoms with E-state index in [9.17, 15) is 5.11 Å². The fraction of sp³-hybridized carbons (Fsp3) is 0.769. The lowest BCUT2D eigenvalue weighted by Crippen LogP contribution is -2.47. The lowest BCUT2D eigenvalue weighted by atomic mass is 9.94. The van der Waals surface area contributed by atoms with E-state index in [0.29, 0.717) is 0 Å². The molecule has 1 aromatic rings. The van der Waals surface area contributed by atoms with Crippen LogP contribution in [0, 0.1) is 0 Å². The third-order valence-corrected chi connectivity index (χ3v) is 3.56. The van der Waals surface area contributed by atoms with Gasteiger partial charge in [0.1, 0.15) is 0 Å². The Labute approximate surface area is 104 Å². The van der Waals surface area contributed by atoms with Gasteiger partial charge in [-0.1, -0.05) is 20.8 Å². The maximum atomic E-state index is 9.49. The van der Waals surface area contributed by atoms with Crippen LogP contribution < -0.4 is 5.32 Å². The number of hydrogen-bond donors (Lipinski definition) is 2. The van der Waals surface area contributed by atoms with Crippen molar-refractivity contribution >= 4 is 0 Å². The molecule has 0 aromatic carbocycles. The molecule has 0 fully saturated rings. The molecule has 98 valence electrons. The lowest BCUT2D eigenvalue weighted by Gasteiger charge is -2.31. The van der Waals surface area contributed by atoms with E-state index in [1.54, 1.807) is 0 Å². The van der Waals surface area contributed by atoms with E-state index in [-0.39, 0.29) is 12.1 Å². The van der Waals surface area contributed by atoms with Crippen molar-refractivity contribution in [2.24, 2.45) is 0 Å². The molecule has 0 bridgehead atoms. The van der Waals surface area contributed by atoms with Crippen LogP contribution >= 0.6 is 0 Å². The Morgan fingerprint density at radius 1 is 1.35 bits per heavy atom. The molecule has 1 aromatic heterocycles. The number of aromatic nitrogens is 2. The zero-order valence-electron chi connectivity index (χ0n) is 11.2. The lowest BCUT2D eigenvalue weighted by molar-refractivity contribution is 0.148. The first-order valence-electron chi connectivity index (χ1n) is 6.56. The average Bonchev–Trinajstić information content (AvgIpc) is 2.80. The highest BCUT2D eigenvalue weighted by Crippen LogP contribution is 2.15. The molecular formula is C13H25N3O. The van der Waals surface area contributed by atoms with Crippen LogP contribution in [0.4, 0.5) is 0 Å². The van der Waals surface area contributed by atoms with Crippen LogP contribution in [0.3, 0.4) is 0 Å². The summed E-state index contributed by atoms with van der Waals surface area (Å²) < 4.78 is 2.17. The molecular weight excluding hydrogens is 214 g/mol. The minimum Gasteiger partial charge on any atom is -0.394 e. The Balaban J connectivity index is 2.62. The SMILES string of the molecule is CCCn1cncc1CNC(CC)(CC)CO. The van der Waals surface area contributed by atoms with Crippen LogP contribution in [0.2, 0.25) is 0 Å². The summed E-state index contributed by atoms with van der Waals surface area (Å²) in [5.74, 6) is 0. The third-order valence-electron chi connectivity index (χ3n) is 3.56. The first kappa shape index (κ1) is 14.2. The molecule has 0 atom stereocenters. The van der Waals surface area contributed by atoms with Crippen LogP contribution in [0.25, 0.3) is 0 Å². The van der Waals surface area contributed by atoms with E-state index >= 15 is 0 Å². The summed E-state index contributed by atoms with van der Waals surface area (Å²) in [6, 6.07) is 0. The Morgan fingerprint density at radius 3 is 2.59 bits per heavy atom. The number of nitrogens with zero attached hydrogens (tertiary/aromatic N) is 2. The molecule has 0 unspecified atom stereocenters. The second kappa shape index (κ2) is 6.77. The topological polar surface area (TPSA) is 50.1 Å². The van der Waals surface area contributed by atoms with Gasteiger partial charge in [0.05, 0.1) is 18.6 Å². The highest BCUT2D eigenvalue weighted by atomic mass is 16.3. The fourth-order valence-electron chi connectivity index (χ4n) is 2.00. The maximum absolute atomic E-state index is 9.49. The molecule has 0 spiro atoms. The zero-order chi connectivity index (χ0) is 12.7. The van der Waals surface area contributed by atoms with E-state index in [1.807, 2.05) is 12.5 Å². The molecule has 0 saturated carbocycles. The fourth-order valence-corrected chi connectivity index (χ4v) is 2.00. The summed E-state index contributed by atoms with van der Waals surface area (Å²) >= 11 is 0. The number of imidazole rings is 1. The van der Waals surface area contributed by atoms with Crippen LogP contribution in [0.1, 0.15) is 45.7 Å². The molecule has 0 amide bonds. The third kappa shape index (κ3) is 3.54. The smallest absolute Gasteiger partial charge is 0.0948 e. The predicted octanol–water partition coefficient (Wildman–Crippen LogP) is 1.93. The Bertz CT molecular complexity index is 310. The molecule has 2 N–H and O–H groups in total. The number of aliphatic hydroxyl groups excluding tert-OH is 1. The van der Waals surface area contributed by atoms with Crippen LogP contribution in [-0.4, -0.2) is 26.8 Å². The second-order valence-corrected chi connectivity index (χ2v) is 4.58. The van der Waals surface area contributed by atoms with Crippen molar-refractivity contribution in [3.63, 3.8) is 0 Å². The van der Waals surface area contributed by atoms with Crippen LogP contribution in [0.5, 0.6) is 0 Å². The summed E-state index contributed by atoms with van der Waals surface area (Å²) in [5.41, 5.74) is 1.04. The average molecular weight is 239 g/mol. The van der Waals surface area contributed by atoms with Gasteiger partial charge in [0, 0.05) is 24.8 Å². The van der Waals surface area contributed by atoms with Crippen molar-refractivity contribution in [3.8, 4) is 0 Å². The highest BCUT2D eigenvalue weighted by Gasteiger charge is 2.24. The molecule has 0 aliphatic heterocycles. The van der Waals surface area contributed by atoms with Gasteiger partial charge in [0.25, 0.3) is 0 Å². The summed E-state index contributed by atoms with van der Waals surface area (Å²) in [7, 11) is 0. The molecule has 1 rings (SSSR count). The monoisotopic (exact) mass is 239 g/mol. The van der Waals surface area contributed by atoms with E-state index in [2.05, 4.69) is 35.6 Å². The van der Waals surface area contributed by atoms with E-state index in [0.717, 1.165) is 32.4 Å². The van der Waals surface area contributed by atoms with Gasteiger partial charge < -0.3 is 15.0 Å². The molecule has 4 heteroatoms. The van der Waals surface area contributed by atoms with Crippen molar-refractivity contribution in [2.75, 3.05) is 6.61 Å². The standard InChI is InChI=1S/C13H25N3O/c1-4-7-16-11-14-8-12(16)9-15-13(5-2,6-3)10-17/h8,11,15,17H,4-7,9-10H2,1-3H3. The second-order valence-electron chi connectivity index (χ2n) is 4.58. The van der Waals surface area contributed by atoms with E-state index in [1.165, 1.54) is 5.69 Å². The minimum atomic E-state index is -0.151. The van der Waals surface area contributed by atoms with Crippen molar-refractivity contribution in [3.05, 3.63) is 18.2 Å². The normalized spacial score (nSPS) is 12.0. The van der Waals surface area contributed by atoms with Crippen molar-refractivity contribution < 1.29 is 5.11 Å². The highest BCUT2D eigenvalue weighted by molar-refractivity contribution is 5.00. The first-order valence-corrected chi connectivity index (χ1v) is 6.56. The van der Waals surface area contributed by atoms with Gasteiger partial charge >= 0.3 is 0 Å². The predicted molar refractivity (Wildman–Crippen MR) is 69.8 cm³/mol. The number of rotatable bonds is 8. The van der Waals surface area contributed by atoms with Crippen LogP contribution in [-0.2, 0) is 13.1 Å². The van der Waals surface area contributed by atoms with Gasteiger partial charge in [0.2, 0.25) is 0 Å². The first-order chi connectivity index (χ1) is 8.21. The van der Waals surface area contributed by atoms with Crippen molar-refractivity contribution in [1.29, 1.82) is 0 Å².